The van der Waals surface area contributed by atoms with Gasteiger partial charge in [-0.05, 0) is 43.8 Å². The van der Waals surface area contributed by atoms with Gasteiger partial charge >= 0.3 is 0 Å². The van der Waals surface area contributed by atoms with Crippen molar-refractivity contribution in [1.29, 1.82) is 0 Å². The van der Waals surface area contributed by atoms with E-state index in [1.807, 2.05) is 0 Å². The fourth-order valence-corrected chi connectivity index (χ4v) is 2.83. The Kier molecular flexibility index (Phi) is 5.94. The Labute approximate surface area is 145 Å². The van der Waals surface area contributed by atoms with Crippen molar-refractivity contribution in [1.82, 2.24) is 15.4 Å². The number of hydrogen-bond donors (Lipinski definition) is 3. The molecule has 0 aliphatic rings. The minimum absolute atomic E-state index is 0.0110. The number of furan rings is 1. The number of amides is 2. The van der Waals surface area contributed by atoms with E-state index in [-0.39, 0.29) is 35.2 Å². The van der Waals surface area contributed by atoms with Crippen LogP contribution in [-0.2, 0) is 10.0 Å². The second-order valence-electron chi connectivity index (χ2n) is 5.17. The smallest absolute Gasteiger partial charge is 0.287 e. The van der Waals surface area contributed by atoms with E-state index in [2.05, 4.69) is 15.4 Å². The van der Waals surface area contributed by atoms with Gasteiger partial charge in [0.05, 0.1) is 11.2 Å². The molecule has 0 aliphatic carbocycles. The van der Waals surface area contributed by atoms with Crippen LogP contribution >= 0.6 is 0 Å². The van der Waals surface area contributed by atoms with E-state index in [0.717, 1.165) is 0 Å². The van der Waals surface area contributed by atoms with Gasteiger partial charge in [0, 0.05) is 18.7 Å². The van der Waals surface area contributed by atoms with E-state index in [1.54, 1.807) is 19.1 Å². The van der Waals surface area contributed by atoms with Crippen LogP contribution in [0.25, 0.3) is 0 Å². The molecule has 9 heteroatoms. The van der Waals surface area contributed by atoms with Gasteiger partial charge in [-0.1, -0.05) is 6.07 Å². The van der Waals surface area contributed by atoms with Crippen LogP contribution in [0.15, 0.2) is 45.9 Å². The predicted molar refractivity (Wildman–Crippen MR) is 90.8 cm³/mol. The maximum absolute atomic E-state index is 12.2. The maximum atomic E-state index is 12.2. The van der Waals surface area contributed by atoms with Gasteiger partial charge < -0.3 is 15.1 Å². The third kappa shape index (κ3) is 4.68. The van der Waals surface area contributed by atoms with Gasteiger partial charge in [-0.3, -0.25) is 9.59 Å². The number of carbonyl (C=O) groups excluding carboxylic acids is 2. The van der Waals surface area contributed by atoms with Crippen LogP contribution < -0.4 is 15.4 Å². The summed E-state index contributed by atoms with van der Waals surface area (Å²) in [5.74, 6) is -0.609. The second-order valence-corrected chi connectivity index (χ2v) is 7.06. The van der Waals surface area contributed by atoms with Crippen molar-refractivity contribution in [3.8, 4) is 0 Å². The van der Waals surface area contributed by atoms with Crippen LogP contribution in [-0.4, -0.2) is 40.4 Å². The summed E-state index contributed by atoms with van der Waals surface area (Å²) in [6, 6.07) is 7.45. The minimum Gasteiger partial charge on any atom is -0.459 e. The average Bonchev–Trinajstić information content (AvgIpc) is 3.13. The third-order valence-electron chi connectivity index (χ3n) is 3.47. The molecule has 25 heavy (non-hydrogen) atoms. The molecule has 2 amide bonds. The summed E-state index contributed by atoms with van der Waals surface area (Å²) in [5, 5.41) is 5.24. The average molecular weight is 365 g/mol. The Balaban J connectivity index is 1.94. The van der Waals surface area contributed by atoms with E-state index in [1.165, 1.54) is 31.5 Å². The molecule has 0 radical (unpaired) electrons. The molecular weight excluding hydrogens is 346 g/mol. The summed E-state index contributed by atoms with van der Waals surface area (Å²) in [6.45, 7) is 2.11. The molecule has 0 unspecified atom stereocenters. The predicted octanol–water partition coefficient (Wildman–Crippen LogP) is 0.656. The molecule has 1 heterocycles. The van der Waals surface area contributed by atoms with E-state index >= 15 is 0 Å². The molecule has 8 nitrogen and oxygen atoms in total. The van der Waals surface area contributed by atoms with E-state index in [0.29, 0.717) is 5.56 Å². The molecule has 0 spiro atoms. The number of rotatable bonds is 7. The van der Waals surface area contributed by atoms with E-state index in [9.17, 15) is 18.0 Å². The van der Waals surface area contributed by atoms with Crippen LogP contribution in [0.3, 0.4) is 0 Å². The van der Waals surface area contributed by atoms with Gasteiger partial charge in [0.1, 0.15) is 0 Å². The second kappa shape index (κ2) is 7.95. The minimum atomic E-state index is -3.63. The maximum Gasteiger partial charge on any atom is 0.287 e. The highest BCUT2D eigenvalue weighted by Crippen LogP contribution is 2.15. The SMILES string of the molecule is CNS(=O)(=O)c1ccc(C)c(C(=O)NCCNC(=O)c2ccco2)c1. The van der Waals surface area contributed by atoms with Crippen LogP contribution in [0.1, 0.15) is 26.5 Å². The number of sulfonamides is 1. The van der Waals surface area contributed by atoms with Gasteiger partial charge in [-0.15, -0.1) is 0 Å². The Bertz CT molecular complexity index is 860. The molecule has 134 valence electrons. The van der Waals surface area contributed by atoms with Crippen molar-refractivity contribution < 1.29 is 22.4 Å². The largest absolute Gasteiger partial charge is 0.459 e. The van der Waals surface area contributed by atoms with Crippen molar-refractivity contribution in [2.45, 2.75) is 11.8 Å². The Hall–Kier alpha value is -2.65. The number of carbonyl (C=O) groups is 2. The van der Waals surface area contributed by atoms with Crippen LogP contribution in [0.4, 0.5) is 0 Å². The molecular formula is C16H19N3O5S. The first-order valence-electron chi connectivity index (χ1n) is 7.49. The molecule has 0 aliphatic heterocycles. The lowest BCUT2D eigenvalue weighted by atomic mass is 10.1. The lowest BCUT2D eigenvalue weighted by molar-refractivity contribution is 0.0910. The topological polar surface area (TPSA) is 118 Å². The molecule has 0 bridgehead atoms. The summed E-state index contributed by atoms with van der Waals surface area (Å²) in [7, 11) is -2.33. The van der Waals surface area contributed by atoms with Crippen molar-refractivity contribution >= 4 is 21.8 Å². The summed E-state index contributed by atoms with van der Waals surface area (Å²) in [5.41, 5.74) is 0.904. The highest BCUT2D eigenvalue weighted by Gasteiger charge is 2.16. The summed E-state index contributed by atoms with van der Waals surface area (Å²) in [6.07, 6.45) is 1.39. The number of hydrogen-bond acceptors (Lipinski definition) is 5. The molecule has 1 aromatic carbocycles. The van der Waals surface area contributed by atoms with Gasteiger partial charge in [0.25, 0.3) is 11.8 Å². The Morgan fingerprint density at radius 2 is 1.76 bits per heavy atom. The molecule has 0 atom stereocenters. The molecule has 0 saturated heterocycles. The Morgan fingerprint density at radius 1 is 1.08 bits per heavy atom. The summed E-state index contributed by atoms with van der Waals surface area (Å²) in [4.78, 5) is 23.9. The zero-order valence-electron chi connectivity index (χ0n) is 13.8. The number of nitrogens with one attached hydrogen (secondary N) is 3. The standard InChI is InChI=1S/C16H19N3O5S/c1-11-5-6-12(25(22,23)17-2)10-13(11)15(20)18-7-8-19-16(21)14-4-3-9-24-14/h3-6,9-10,17H,7-8H2,1-2H3,(H,18,20)(H,19,21). The molecule has 1 aromatic heterocycles. The fourth-order valence-electron chi connectivity index (χ4n) is 2.07. The first-order valence-corrected chi connectivity index (χ1v) is 8.97. The first-order chi connectivity index (χ1) is 11.8. The Morgan fingerprint density at radius 3 is 2.36 bits per heavy atom. The lowest BCUT2D eigenvalue weighted by Crippen LogP contribution is -2.35. The molecule has 2 aromatic rings. The first kappa shape index (κ1) is 18.7. The lowest BCUT2D eigenvalue weighted by Gasteiger charge is -2.10. The summed E-state index contributed by atoms with van der Waals surface area (Å²) < 4.78 is 30.8. The molecule has 0 saturated carbocycles. The van der Waals surface area contributed by atoms with Gasteiger partial charge in [-0.2, -0.15) is 0 Å². The van der Waals surface area contributed by atoms with Crippen molar-refractivity contribution in [2.75, 3.05) is 20.1 Å². The van der Waals surface area contributed by atoms with Gasteiger partial charge in [0.15, 0.2) is 5.76 Å². The number of benzene rings is 1. The van der Waals surface area contributed by atoms with Crippen LogP contribution in [0, 0.1) is 6.92 Å². The van der Waals surface area contributed by atoms with Crippen molar-refractivity contribution in [3.05, 3.63) is 53.5 Å². The summed E-state index contributed by atoms with van der Waals surface area (Å²) >= 11 is 0. The highest BCUT2D eigenvalue weighted by atomic mass is 32.2. The van der Waals surface area contributed by atoms with Crippen LogP contribution in [0.5, 0.6) is 0 Å². The van der Waals surface area contributed by atoms with Gasteiger partial charge in [-0.25, -0.2) is 13.1 Å². The molecule has 3 N–H and O–H groups in total. The molecule has 2 rings (SSSR count). The molecule has 0 fully saturated rings. The monoisotopic (exact) mass is 365 g/mol. The normalized spacial score (nSPS) is 11.1. The number of aryl methyl sites for hydroxylation is 1. The highest BCUT2D eigenvalue weighted by molar-refractivity contribution is 7.89. The van der Waals surface area contributed by atoms with E-state index in [4.69, 9.17) is 4.42 Å². The van der Waals surface area contributed by atoms with E-state index < -0.39 is 15.9 Å². The van der Waals surface area contributed by atoms with Crippen LogP contribution in [0.2, 0.25) is 0 Å². The zero-order chi connectivity index (χ0) is 18.4. The third-order valence-corrected chi connectivity index (χ3v) is 4.89. The fraction of sp³-hybridized carbons (Fsp3) is 0.250. The van der Waals surface area contributed by atoms with Crippen molar-refractivity contribution in [2.24, 2.45) is 0 Å². The van der Waals surface area contributed by atoms with Crippen molar-refractivity contribution in [3.63, 3.8) is 0 Å². The zero-order valence-corrected chi connectivity index (χ0v) is 14.6. The van der Waals surface area contributed by atoms with Gasteiger partial charge in [0.2, 0.25) is 10.0 Å². The quantitative estimate of drug-likeness (QED) is 0.623.